The first-order valence-electron chi connectivity index (χ1n) is 5.34. The van der Waals surface area contributed by atoms with Crippen molar-refractivity contribution in [2.45, 2.75) is 32.1 Å². The Labute approximate surface area is 83.8 Å². The lowest BCUT2D eigenvalue weighted by atomic mass is 9.73. The average molecular weight is 196 g/mol. The Morgan fingerprint density at radius 2 is 2.14 bits per heavy atom. The lowest BCUT2D eigenvalue weighted by Gasteiger charge is -2.30. The van der Waals surface area contributed by atoms with Gasteiger partial charge in [-0.05, 0) is 25.2 Å². The van der Waals surface area contributed by atoms with E-state index in [0.29, 0.717) is 12.3 Å². The van der Waals surface area contributed by atoms with Crippen molar-refractivity contribution in [3.05, 3.63) is 0 Å². The number of Topliss-reactive ketones (excluding diaryl/α,β-unsaturated/α-hetero) is 1. The molecule has 3 heteroatoms. The van der Waals surface area contributed by atoms with Gasteiger partial charge in [-0.2, -0.15) is 0 Å². The molecule has 3 atom stereocenters. The van der Waals surface area contributed by atoms with Gasteiger partial charge in [0.05, 0.1) is 13.0 Å². The minimum Gasteiger partial charge on any atom is -0.469 e. The third-order valence-electron chi connectivity index (χ3n) is 3.67. The highest BCUT2D eigenvalue weighted by Gasteiger charge is 2.45. The summed E-state index contributed by atoms with van der Waals surface area (Å²) >= 11 is 0. The van der Waals surface area contributed by atoms with Crippen LogP contribution in [0.4, 0.5) is 0 Å². The van der Waals surface area contributed by atoms with Gasteiger partial charge in [0.25, 0.3) is 0 Å². The fourth-order valence-electron chi connectivity index (χ4n) is 3.01. The molecule has 0 radical (unpaired) electrons. The largest absolute Gasteiger partial charge is 0.469 e. The van der Waals surface area contributed by atoms with Gasteiger partial charge in [0.1, 0.15) is 5.78 Å². The normalized spacial score (nSPS) is 36.6. The molecule has 2 fully saturated rings. The monoisotopic (exact) mass is 196 g/mol. The molecule has 2 aliphatic carbocycles. The van der Waals surface area contributed by atoms with E-state index in [-0.39, 0.29) is 23.6 Å². The van der Waals surface area contributed by atoms with Crippen LogP contribution in [0.15, 0.2) is 0 Å². The van der Waals surface area contributed by atoms with E-state index in [1.807, 2.05) is 0 Å². The molecule has 0 aliphatic heterocycles. The summed E-state index contributed by atoms with van der Waals surface area (Å²) in [7, 11) is 1.41. The Morgan fingerprint density at radius 3 is 2.86 bits per heavy atom. The van der Waals surface area contributed by atoms with Crippen molar-refractivity contribution in [2.75, 3.05) is 7.11 Å². The lowest BCUT2D eigenvalue weighted by molar-refractivity contribution is -0.151. The highest BCUT2D eigenvalue weighted by molar-refractivity contribution is 5.88. The third-order valence-corrected chi connectivity index (χ3v) is 3.67. The van der Waals surface area contributed by atoms with E-state index in [1.165, 1.54) is 7.11 Å². The number of rotatable bonds is 1. The predicted molar refractivity (Wildman–Crippen MR) is 50.6 cm³/mol. The molecule has 0 unspecified atom stereocenters. The van der Waals surface area contributed by atoms with Crippen LogP contribution in [-0.2, 0) is 14.3 Å². The van der Waals surface area contributed by atoms with E-state index in [4.69, 9.17) is 4.74 Å². The summed E-state index contributed by atoms with van der Waals surface area (Å²) in [4.78, 5) is 23.1. The Hall–Kier alpha value is -0.860. The van der Waals surface area contributed by atoms with Crippen LogP contribution in [0.3, 0.4) is 0 Å². The topological polar surface area (TPSA) is 43.4 Å². The van der Waals surface area contributed by atoms with Gasteiger partial charge in [0, 0.05) is 12.3 Å². The van der Waals surface area contributed by atoms with Crippen LogP contribution < -0.4 is 0 Å². The summed E-state index contributed by atoms with van der Waals surface area (Å²) in [5.74, 6) is 0.394. The minimum absolute atomic E-state index is 0.0174. The summed E-state index contributed by atoms with van der Waals surface area (Å²) in [6.07, 6.45) is 4.66. The molecule has 0 spiro atoms. The van der Waals surface area contributed by atoms with Crippen molar-refractivity contribution in [3.63, 3.8) is 0 Å². The van der Waals surface area contributed by atoms with Gasteiger partial charge in [-0.3, -0.25) is 9.59 Å². The quantitative estimate of drug-likeness (QED) is 0.598. The Bertz CT molecular complexity index is 259. The van der Waals surface area contributed by atoms with Crippen molar-refractivity contribution < 1.29 is 14.3 Å². The van der Waals surface area contributed by atoms with Crippen molar-refractivity contribution in [1.82, 2.24) is 0 Å². The fourth-order valence-corrected chi connectivity index (χ4v) is 3.01. The van der Waals surface area contributed by atoms with Crippen LogP contribution in [-0.4, -0.2) is 18.9 Å². The molecule has 0 amide bonds. The Kier molecular flexibility index (Phi) is 2.57. The summed E-state index contributed by atoms with van der Waals surface area (Å²) < 4.78 is 4.76. The van der Waals surface area contributed by atoms with Crippen LogP contribution in [0.1, 0.15) is 32.1 Å². The second-order valence-electron chi connectivity index (χ2n) is 4.35. The van der Waals surface area contributed by atoms with Gasteiger partial charge in [-0.15, -0.1) is 0 Å². The predicted octanol–water partition coefficient (Wildman–Crippen LogP) is 1.55. The van der Waals surface area contributed by atoms with Gasteiger partial charge in [-0.25, -0.2) is 0 Å². The molecule has 2 saturated carbocycles. The Balaban J connectivity index is 2.16. The average Bonchev–Trinajstić information content (AvgIpc) is 2.59. The summed E-state index contributed by atoms with van der Waals surface area (Å²) in [6.45, 7) is 0. The van der Waals surface area contributed by atoms with E-state index < -0.39 is 0 Å². The number of fused-ring (bicyclic) bond motifs is 1. The highest BCUT2D eigenvalue weighted by atomic mass is 16.5. The van der Waals surface area contributed by atoms with Crippen LogP contribution in [0.2, 0.25) is 0 Å². The van der Waals surface area contributed by atoms with Gasteiger partial charge in [0.2, 0.25) is 0 Å². The lowest BCUT2D eigenvalue weighted by Crippen LogP contribution is -2.34. The molecule has 78 valence electrons. The molecule has 0 bridgehead atoms. The van der Waals surface area contributed by atoms with Crippen LogP contribution in [0.5, 0.6) is 0 Å². The molecule has 0 aromatic heterocycles. The van der Waals surface area contributed by atoms with Crippen LogP contribution in [0, 0.1) is 17.8 Å². The number of hydrogen-bond donors (Lipinski definition) is 0. The number of methoxy groups -OCH3 is 1. The maximum absolute atomic E-state index is 11.6. The number of carbonyl (C=O) groups is 2. The molecule has 3 nitrogen and oxygen atoms in total. The number of ketones is 1. The number of hydrogen-bond acceptors (Lipinski definition) is 3. The molecular weight excluding hydrogens is 180 g/mol. The highest BCUT2D eigenvalue weighted by Crippen LogP contribution is 2.43. The molecule has 0 saturated heterocycles. The van der Waals surface area contributed by atoms with Gasteiger partial charge >= 0.3 is 5.97 Å². The first-order valence-corrected chi connectivity index (χ1v) is 5.34. The van der Waals surface area contributed by atoms with E-state index in [0.717, 1.165) is 25.7 Å². The number of ether oxygens (including phenoxy) is 1. The maximum atomic E-state index is 11.6. The molecule has 0 aromatic rings. The molecule has 2 aliphatic rings. The van der Waals surface area contributed by atoms with E-state index >= 15 is 0 Å². The van der Waals surface area contributed by atoms with Gasteiger partial charge in [-0.1, -0.05) is 6.42 Å². The smallest absolute Gasteiger partial charge is 0.309 e. The summed E-state index contributed by atoms with van der Waals surface area (Å²) in [6, 6.07) is 0. The summed E-state index contributed by atoms with van der Waals surface area (Å²) in [5, 5.41) is 0. The molecule has 2 rings (SSSR count). The minimum atomic E-state index is -0.185. The van der Waals surface area contributed by atoms with Crippen LogP contribution >= 0.6 is 0 Å². The molecule has 0 aromatic carbocycles. The zero-order valence-electron chi connectivity index (χ0n) is 8.49. The second kappa shape index (κ2) is 3.71. The van der Waals surface area contributed by atoms with Crippen molar-refractivity contribution in [1.29, 1.82) is 0 Å². The van der Waals surface area contributed by atoms with Crippen molar-refractivity contribution >= 4 is 11.8 Å². The van der Waals surface area contributed by atoms with Crippen molar-refractivity contribution in [2.24, 2.45) is 17.8 Å². The first-order chi connectivity index (χ1) is 6.74. The van der Waals surface area contributed by atoms with E-state index in [2.05, 4.69) is 0 Å². The third kappa shape index (κ3) is 1.45. The van der Waals surface area contributed by atoms with Crippen molar-refractivity contribution in [3.8, 4) is 0 Å². The molecule has 14 heavy (non-hydrogen) atoms. The molecule has 0 heterocycles. The maximum Gasteiger partial charge on any atom is 0.309 e. The number of esters is 1. The number of carbonyl (C=O) groups excluding carboxylic acids is 2. The summed E-state index contributed by atoms with van der Waals surface area (Å²) in [5.41, 5.74) is 0. The SMILES string of the molecule is COC(=O)[C@H]1CCC[C@@H]2CCC(=O)[C@@H]21. The standard InChI is InChI=1S/C11H16O3/c1-14-11(13)8-4-2-3-7-5-6-9(12)10(7)8/h7-8,10H,2-6H2,1H3/t7-,8+,10+/m1/s1. The van der Waals surface area contributed by atoms with E-state index in [1.54, 1.807) is 0 Å². The van der Waals surface area contributed by atoms with E-state index in [9.17, 15) is 9.59 Å². The fraction of sp³-hybridized carbons (Fsp3) is 0.818. The first kappa shape index (κ1) is 9.69. The van der Waals surface area contributed by atoms with Gasteiger partial charge < -0.3 is 4.74 Å². The zero-order chi connectivity index (χ0) is 10.1. The molecule has 0 N–H and O–H groups in total. The van der Waals surface area contributed by atoms with Crippen LogP contribution in [0.25, 0.3) is 0 Å². The second-order valence-corrected chi connectivity index (χ2v) is 4.35. The Morgan fingerprint density at radius 1 is 1.36 bits per heavy atom. The van der Waals surface area contributed by atoms with Gasteiger partial charge in [0.15, 0.2) is 0 Å². The molecular formula is C11H16O3. The zero-order valence-corrected chi connectivity index (χ0v) is 8.49.